The van der Waals surface area contributed by atoms with Crippen LogP contribution in [-0.2, 0) is 21.1 Å². The third-order valence-corrected chi connectivity index (χ3v) is 8.00. The Kier molecular flexibility index (Phi) is 7.59. The number of likely N-dealkylation sites (tertiary alicyclic amines) is 1. The van der Waals surface area contributed by atoms with E-state index in [1.807, 2.05) is 26.0 Å². The smallest absolute Gasteiger partial charge is 0.227 e. The molecular formula is C20H31NO3S2. The van der Waals surface area contributed by atoms with Crippen molar-refractivity contribution in [2.45, 2.75) is 62.4 Å². The SMILES string of the molecule is CC(C)CS(=O)(=O)[C@@H]1CCCN(C(=O)Cc2ccc(SC(C)C)cc2)C1. The fourth-order valence-corrected chi connectivity index (χ4v) is 6.27. The molecule has 4 nitrogen and oxygen atoms in total. The van der Waals surface area contributed by atoms with Crippen molar-refractivity contribution in [3.63, 3.8) is 0 Å². The Hall–Kier alpha value is -1.01. The second kappa shape index (κ2) is 9.27. The van der Waals surface area contributed by atoms with Crippen molar-refractivity contribution in [3.05, 3.63) is 29.8 Å². The maximum atomic E-state index is 12.7. The number of carbonyl (C=O) groups is 1. The number of sulfone groups is 1. The molecule has 2 rings (SSSR count). The van der Waals surface area contributed by atoms with E-state index < -0.39 is 15.1 Å². The molecular weight excluding hydrogens is 366 g/mol. The first-order valence-electron chi connectivity index (χ1n) is 9.42. The van der Waals surface area contributed by atoms with Gasteiger partial charge < -0.3 is 4.90 Å². The molecule has 0 N–H and O–H groups in total. The molecule has 6 heteroatoms. The zero-order valence-electron chi connectivity index (χ0n) is 16.3. The number of nitrogens with zero attached hydrogens (tertiary/aromatic N) is 1. The minimum absolute atomic E-state index is 0.0266. The first-order valence-corrected chi connectivity index (χ1v) is 12.0. The maximum absolute atomic E-state index is 12.7. The monoisotopic (exact) mass is 397 g/mol. The summed E-state index contributed by atoms with van der Waals surface area (Å²) in [6, 6.07) is 8.11. The molecule has 1 atom stereocenters. The summed E-state index contributed by atoms with van der Waals surface area (Å²) in [5.41, 5.74) is 0.982. The average molecular weight is 398 g/mol. The third-order valence-electron chi connectivity index (χ3n) is 4.45. The van der Waals surface area contributed by atoms with Crippen LogP contribution in [0.15, 0.2) is 29.2 Å². The Morgan fingerprint density at radius 1 is 1.19 bits per heavy atom. The lowest BCUT2D eigenvalue weighted by molar-refractivity contribution is -0.131. The quantitative estimate of drug-likeness (QED) is 0.657. The highest BCUT2D eigenvalue weighted by Gasteiger charge is 2.32. The van der Waals surface area contributed by atoms with E-state index in [0.717, 1.165) is 12.0 Å². The topological polar surface area (TPSA) is 54.5 Å². The molecule has 1 heterocycles. The van der Waals surface area contributed by atoms with Crippen LogP contribution in [-0.4, -0.2) is 48.6 Å². The van der Waals surface area contributed by atoms with Crippen molar-refractivity contribution in [2.24, 2.45) is 5.92 Å². The highest BCUT2D eigenvalue weighted by molar-refractivity contribution is 7.99. The van der Waals surface area contributed by atoms with E-state index in [0.29, 0.717) is 31.2 Å². The highest BCUT2D eigenvalue weighted by Crippen LogP contribution is 2.24. The Morgan fingerprint density at radius 3 is 2.42 bits per heavy atom. The van der Waals surface area contributed by atoms with Crippen molar-refractivity contribution in [1.29, 1.82) is 0 Å². The Morgan fingerprint density at radius 2 is 1.85 bits per heavy atom. The van der Waals surface area contributed by atoms with Crippen LogP contribution in [0.5, 0.6) is 0 Å². The minimum atomic E-state index is -3.14. The summed E-state index contributed by atoms with van der Waals surface area (Å²) >= 11 is 1.80. The van der Waals surface area contributed by atoms with E-state index in [4.69, 9.17) is 0 Å². The number of hydrogen-bond acceptors (Lipinski definition) is 4. The lowest BCUT2D eigenvalue weighted by Crippen LogP contribution is -2.46. The van der Waals surface area contributed by atoms with Crippen LogP contribution in [0.2, 0.25) is 0 Å². The molecule has 1 amide bonds. The van der Waals surface area contributed by atoms with Crippen LogP contribution in [0.1, 0.15) is 46.1 Å². The van der Waals surface area contributed by atoms with E-state index in [1.54, 1.807) is 16.7 Å². The number of piperidine rings is 1. The molecule has 0 radical (unpaired) electrons. The molecule has 1 aromatic carbocycles. The highest BCUT2D eigenvalue weighted by atomic mass is 32.2. The molecule has 146 valence electrons. The van der Waals surface area contributed by atoms with E-state index in [2.05, 4.69) is 26.0 Å². The molecule has 1 aromatic rings. The maximum Gasteiger partial charge on any atom is 0.227 e. The normalized spacial score (nSPS) is 18.5. The predicted octanol–water partition coefficient (Wildman–Crippen LogP) is 3.79. The number of hydrogen-bond donors (Lipinski definition) is 0. The number of carbonyl (C=O) groups excluding carboxylic acids is 1. The second-order valence-corrected chi connectivity index (χ2v) is 11.8. The summed E-state index contributed by atoms with van der Waals surface area (Å²) in [7, 11) is -3.14. The van der Waals surface area contributed by atoms with E-state index in [1.165, 1.54) is 4.90 Å². The second-order valence-electron chi connectivity index (χ2n) is 7.81. The van der Waals surface area contributed by atoms with Crippen LogP contribution in [0, 0.1) is 5.92 Å². The standard InChI is InChI=1S/C20H31NO3S2/c1-15(2)14-26(23,24)19-6-5-11-21(13-19)20(22)12-17-7-9-18(10-8-17)25-16(3)4/h7-10,15-16,19H,5-6,11-14H2,1-4H3/t19-/m1/s1. The molecule has 1 fully saturated rings. The molecule has 1 aliphatic heterocycles. The summed E-state index contributed by atoms with van der Waals surface area (Å²) < 4.78 is 25.0. The molecule has 0 aliphatic carbocycles. The van der Waals surface area contributed by atoms with Gasteiger partial charge in [0, 0.05) is 23.2 Å². The summed E-state index contributed by atoms with van der Waals surface area (Å²) in [6.07, 6.45) is 1.77. The first kappa shape index (κ1) is 21.3. The van der Waals surface area contributed by atoms with Gasteiger partial charge in [0.2, 0.25) is 5.91 Å². The molecule has 1 aliphatic rings. The Labute approximate surface area is 162 Å². The van der Waals surface area contributed by atoms with Gasteiger partial charge in [-0.3, -0.25) is 4.79 Å². The Balaban J connectivity index is 1.96. The molecule has 0 bridgehead atoms. The zero-order chi connectivity index (χ0) is 19.3. The summed E-state index contributed by atoms with van der Waals surface area (Å²) in [4.78, 5) is 15.6. The van der Waals surface area contributed by atoms with Gasteiger partial charge in [-0.2, -0.15) is 0 Å². The van der Waals surface area contributed by atoms with Gasteiger partial charge in [0.1, 0.15) is 0 Å². The van der Waals surface area contributed by atoms with Gasteiger partial charge in [-0.05, 0) is 36.5 Å². The summed E-state index contributed by atoms with van der Waals surface area (Å²) in [5.74, 6) is 0.348. The zero-order valence-corrected chi connectivity index (χ0v) is 17.9. The fraction of sp³-hybridized carbons (Fsp3) is 0.650. The number of amides is 1. The van der Waals surface area contributed by atoms with Gasteiger partial charge in [0.25, 0.3) is 0 Å². The summed E-state index contributed by atoms with van der Waals surface area (Å²) in [6.45, 7) is 9.16. The summed E-state index contributed by atoms with van der Waals surface area (Å²) in [5, 5.41) is 0.118. The molecule has 0 spiro atoms. The van der Waals surface area contributed by atoms with Crippen molar-refractivity contribution < 1.29 is 13.2 Å². The van der Waals surface area contributed by atoms with Crippen molar-refractivity contribution in [3.8, 4) is 0 Å². The van der Waals surface area contributed by atoms with Gasteiger partial charge >= 0.3 is 0 Å². The molecule has 26 heavy (non-hydrogen) atoms. The van der Waals surface area contributed by atoms with Crippen LogP contribution in [0.25, 0.3) is 0 Å². The van der Waals surface area contributed by atoms with E-state index >= 15 is 0 Å². The van der Waals surface area contributed by atoms with Gasteiger partial charge in [-0.1, -0.05) is 39.8 Å². The van der Waals surface area contributed by atoms with Crippen molar-refractivity contribution in [2.75, 3.05) is 18.8 Å². The van der Waals surface area contributed by atoms with E-state index in [9.17, 15) is 13.2 Å². The van der Waals surface area contributed by atoms with Gasteiger partial charge in [0.15, 0.2) is 9.84 Å². The number of rotatable bonds is 7. The van der Waals surface area contributed by atoms with Gasteiger partial charge in [0.05, 0.1) is 17.4 Å². The van der Waals surface area contributed by atoms with Crippen LogP contribution >= 0.6 is 11.8 Å². The number of benzene rings is 1. The third kappa shape index (κ3) is 6.31. The van der Waals surface area contributed by atoms with Gasteiger partial charge in [-0.25, -0.2) is 8.42 Å². The lowest BCUT2D eigenvalue weighted by atomic mass is 10.1. The largest absolute Gasteiger partial charge is 0.341 e. The van der Waals surface area contributed by atoms with Crippen LogP contribution < -0.4 is 0 Å². The lowest BCUT2D eigenvalue weighted by Gasteiger charge is -2.33. The van der Waals surface area contributed by atoms with Crippen molar-refractivity contribution >= 4 is 27.5 Å². The minimum Gasteiger partial charge on any atom is -0.341 e. The van der Waals surface area contributed by atoms with Crippen molar-refractivity contribution in [1.82, 2.24) is 4.90 Å². The van der Waals surface area contributed by atoms with E-state index in [-0.39, 0.29) is 17.6 Å². The fourth-order valence-electron chi connectivity index (χ4n) is 3.30. The predicted molar refractivity (Wildman–Crippen MR) is 109 cm³/mol. The number of thioether (sulfide) groups is 1. The first-order chi connectivity index (χ1) is 12.2. The molecule has 1 saturated heterocycles. The van der Waals surface area contributed by atoms with Crippen LogP contribution in [0.4, 0.5) is 0 Å². The molecule has 0 saturated carbocycles. The molecule has 0 aromatic heterocycles. The molecule has 0 unspecified atom stereocenters. The average Bonchev–Trinajstić information content (AvgIpc) is 2.55. The van der Waals surface area contributed by atoms with Gasteiger partial charge in [-0.15, -0.1) is 11.8 Å². The van der Waals surface area contributed by atoms with Crippen LogP contribution in [0.3, 0.4) is 0 Å². The Bertz CT molecular complexity index is 696.